The standard InChI is InChI=1S/C18H20N2OS/c1-13(2)15-5-7-16(8-6-15)18-20(17(21)12-22-18)11-14-4-3-9-19-10-14/h3-10,13,18H,11-12H2,1-2H3. The molecule has 1 unspecified atom stereocenters. The molecule has 1 aliphatic rings. The Bertz CT molecular complexity index is 640. The maximum atomic E-state index is 12.2. The minimum absolute atomic E-state index is 0.105. The van der Waals surface area contributed by atoms with Gasteiger partial charge in [-0.05, 0) is 28.7 Å². The van der Waals surface area contributed by atoms with Crippen LogP contribution in [0.1, 0.15) is 41.8 Å². The van der Waals surface area contributed by atoms with Crippen molar-refractivity contribution in [3.8, 4) is 0 Å². The number of thioether (sulfide) groups is 1. The molecule has 0 bridgehead atoms. The molecule has 1 amide bonds. The Labute approximate surface area is 135 Å². The molecule has 114 valence electrons. The molecule has 0 saturated carbocycles. The van der Waals surface area contributed by atoms with E-state index in [-0.39, 0.29) is 11.3 Å². The van der Waals surface area contributed by atoms with E-state index in [1.807, 2.05) is 23.2 Å². The molecular weight excluding hydrogens is 292 g/mol. The van der Waals surface area contributed by atoms with E-state index in [1.165, 1.54) is 11.1 Å². The number of nitrogens with zero attached hydrogens (tertiary/aromatic N) is 2. The van der Waals surface area contributed by atoms with Crippen molar-refractivity contribution in [3.63, 3.8) is 0 Å². The van der Waals surface area contributed by atoms with Crippen LogP contribution in [0.25, 0.3) is 0 Å². The zero-order valence-corrected chi connectivity index (χ0v) is 13.7. The van der Waals surface area contributed by atoms with Gasteiger partial charge < -0.3 is 4.90 Å². The fraction of sp³-hybridized carbons (Fsp3) is 0.333. The van der Waals surface area contributed by atoms with Gasteiger partial charge in [-0.2, -0.15) is 0 Å². The summed E-state index contributed by atoms with van der Waals surface area (Å²) in [6.07, 6.45) is 3.58. The largest absolute Gasteiger partial charge is 0.321 e. The normalized spacial score (nSPS) is 18.2. The monoisotopic (exact) mass is 312 g/mol. The summed E-state index contributed by atoms with van der Waals surface area (Å²) in [7, 11) is 0. The van der Waals surface area contributed by atoms with Crippen LogP contribution < -0.4 is 0 Å². The van der Waals surface area contributed by atoms with E-state index < -0.39 is 0 Å². The highest BCUT2D eigenvalue weighted by Crippen LogP contribution is 2.39. The van der Waals surface area contributed by atoms with Crippen molar-refractivity contribution in [2.75, 3.05) is 5.75 Å². The van der Waals surface area contributed by atoms with Crippen molar-refractivity contribution >= 4 is 17.7 Å². The van der Waals surface area contributed by atoms with E-state index in [0.29, 0.717) is 18.2 Å². The second-order valence-corrected chi connectivity index (χ2v) is 6.94. The molecule has 0 spiro atoms. The minimum atomic E-state index is 0.105. The number of benzene rings is 1. The van der Waals surface area contributed by atoms with Crippen LogP contribution in [-0.2, 0) is 11.3 Å². The van der Waals surface area contributed by atoms with Crippen molar-refractivity contribution in [1.82, 2.24) is 9.88 Å². The van der Waals surface area contributed by atoms with E-state index in [4.69, 9.17) is 0 Å². The Morgan fingerprint density at radius 2 is 2.05 bits per heavy atom. The fourth-order valence-corrected chi connectivity index (χ4v) is 3.82. The summed E-state index contributed by atoms with van der Waals surface area (Å²) in [6, 6.07) is 12.6. The van der Waals surface area contributed by atoms with Crippen LogP contribution in [0.5, 0.6) is 0 Å². The van der Waals surface area contributed by atoms with Crippen LogP contribution in [0, 0.1) is 0 Å². The van der Waals surface area contributed by atoms with Crippen LogP contribution >= 0.6 is 11.8 Å². The zero-order chi connectivity index (χ0) is 15.5. The lowest BCUT2D eigenvalue weighted by atomic mass is 10.0. The van der Waals surface area contributed by atoms with Crippen LogP contribution in [0.4, 0.5) is 0 Å². The highest BCUT2D eigenvalue weighted by Gasteiger charge is 2.32. The van der Waals surface area contributed by atoms with Crippen LogP contribution in [0.3, 0.4) is 0 Å². The highest BCUT2D eigenvalue weighted by molar-refractivity contribution is 8.00. The SMILES string of the molecule is CC(C)c1ccc(C2SCC(=O)N2Cc2cccnc2)cc1. The van der Waals surface area contributed by atoms with Gasteiger partial charge in [-0.1, -0.05) is 44.2 Å². The molecule has 4 heteroatoms. The number of carbonyl (C=O) groups excluding carboxylic acids is 1. The smallest absolute Gasteiger partial charge is 0.234 e. The summed E-state index contributed by atoms with van der Waals surface area (Å²) in [4.78, 5) is 18.3. The Hall–Kier alpha value is -1.81. The number of rotatable bonds is 4. The molecule has 2 heterocycles. The van der Waals surface area contributed by atoms with Crippen molar-refractivity contribution in [3.05, 3.63) is 65.5 Å². The average molecular weight is 312 g/mol. The first-order chi connectivity index (χ1) is 10.6. The lowest BCUT2D eigenvalue weighted by Gasteiger charge is -2.24. The Morgan fingerprint density at radius 1 is 1.27 bits per heavy atom. The topological polar surface area (TPSA) is 33.2 Å². The molecule has 0 aliphatic carbocycles. The first kappa shape index (κ1) is 15.1. The van der Waals surface area contributed by atoms with Gasteiger partial charge in [0.05, 0.1) is 5.75 Å². The summed E-state index contributed by atoms with van der Waals surface area (Å²) in [5, 5.41) is 0.105. The fourth-order valence-electron chi connectivity index (χ4n) is 2.64. The van der Waals surface area contributed by atoms with Crippen LogP contribution in [-0.4, -0.2) is 21.5 Å². The molecule has 1 saturated heterocycles. The molecule has 3 nitrogen and oxygen atoms in total. The minimum Gasteiger partial charge on any atom is -0.321 e. The Morgan fingerprint density at radius 3 is 2.68 bits per heavy atom. The van der Waals surface area contributed by atoms with Crippen molar-refractivity contribution < 1.29 is 4.79 Å². The first-order valence-electron chi connectivity index (χ1n) is 7.55. The molecule has 1 aliphatic heterocycles. The maximum Gasteiger partial charge on any atom is 0.234 e. The number of amides is 1. The van der Waals surface area contributed by atoms with E-state index >= 15 is 0 Å². The van der Waals surface area contributed by atoms with Gasteiger partial charge >= 0.3 is 0 Å². The number of aromatic nitrogens is 1. The van der Waals surface area contributed by atoms with Gasteiger partial charge in [0.25, 0.3) is 0 Å². The van der Waals surface area contributed by atoms with Gasteiger partial charge in [0.1, 0.15) is 5.37 Å². The van der Waals surface area contributed by atoms with Gasteiger partial charge in [-0.3, -0.25) is 9.78 Å². The second kappa shape index (κ2) is 6.53. The molecule has 2 aromatic rings. The van der Waals surface area contributed by atoms with Crippen molar-refractivity contribution in [2.24, 2.45) is 0 Å². The number of carbonyl (C=O) groups is 1. The molecule has 3 rings (SSSR count). The molecule has 0 N–H and O–H groups in total. The van der Waals surface area contributed by atoms with E-state index in [0.717, 1.165) is 5.56 Å². The molecule has 1 aromatic heterocycles. The van der Waals surface area contributed by atoms with E-state index in [9.17, 15) is 4.79 Å². The number of hydrogen-bond acceptors (Lipinski definition) is 3. The van der Waals surface area contributed by atoms with Crippen molar-refractivity contribution in [1.29, 1.82) is 0 Å². The predicted octanol–water partition coefficient (Wildman–Crippen LogP) is 3.98. The van der Waals surface area contributed by atoms with Crippen LogP contribution in [0.2, 0.25) is 0 Å². The third-order valence-electron chi connectivity index (χ3n) is 3.93. The molecular formula is C18H20N2OS. The van der Waals surface area contributed by atoms with Crippen LogP contribution in [0.15, 0.2) is 48.8 Å². The molecule has 0 radical (unpaired) electrons. The summed E-state index contributed by atoms with van der Waals surface area (Å²) in [5.41, 5.74) is 3.60. The molecule has 1 aromatic carbocycles. The zero-order valence-electron chi connectivity index (χ0n) is 12.9. The quantitative estimate of drug-likeness (QED) is 0.856. The lowest BCUT2D eigenvalue weighted by molar-refractivity contribution is -0.128. The summed E-state index contributed by atoms with van der Waals surface area (Å²) in [5.74, 6) is 1.28. The molecule has 1 atom stereocenters. The van der Waals surface area contributed by atoms with Gasteiger partial charge in [0.15, 0.2) is 0 Å². The van der Waals surface area contributed by atoms with E-state index in [2.05, 4.69) is 43.1 Å². The van der Waals surface area contributed by atoms with E-state index in [1.54, 1.807) is 18.0 Å². The maximum absolute atomic E-state index is 12.2. The second-order valence-electron chi connectivity index (χ2n) is 5.87. The number of pyridine rings is 1. The molecule has 1 fully saturated rings. The van der Waals surface area contributed by atoms with Gasteiger partial charge in [0, 0.05) is 18.9 Å². The lowest BCUT2D eigenvalue weighted by Crippen LogP contribution is -2.27. The Balaban J connectivity index is 1.81. The summed E-state index contributed by atoms with van der Waals surface area (Å²) < 4.78 is 0. The highest BCUT2D eigenvalue weighted by atomic mass is 32.2. The number of hydrogen-bond donors (Lipinski definition) is 0. The third kappa shape index (κ3) is 3.17. The summed E-state index contributed by atoms with van der Waals surface area (Å²) >= 11 is 1.70. The molecule has 22 heavy (non-hydrogen) atoms. The van der Waals surface area contributed by atoms with Crippen molar-refractivity contribution in [2.45, 2.75) is 31.7 Å². The first-order valence-corrected chi connectivity index (χ1v) is 8.60. The third-order valence-corrected chi connectivity index (χ3v) is 5.19. The van der Waals surface area contributed by atoms with Gasteiger partial charge in [-0.25, -0.2) is 0 Å². The summed E-state index contributed by atoms with van der Waals surface area (Å²) in [6.45, 7) is 5.01. The Kier molecular flexibility index (Phi) is 4.48. The average Bonchev–Trinajstić information content (AvgIpc) is 2.89. The predicted molar refractivity (Wildman–Crippen MR) is 90.5 cm³/mol. The van der Waals surface area contributed by atoms with Gasteiger partial charge in [-0.15, -0.1) is 11.8 Å². The van der Waals surface area contributed by atoms with Gasteiger partial charge in [0.2, 0.25) is 5.91 Å².